The minimum atomic E-state index is -1.44. The summed E-state index contributed by atoms with van der Waals surface area (Å²) in [5.41, 5.74) is 1.22. The van der Waals surface area contributed by atoms with Crippen LogP contribution in [0, 0.1) is 0 Å². The zero-order valence-electron chi connectivity index (χ0n) is 15.2. The smallest absolute Gasteiger partial charge is 0.112 e. The number of benzene rings is 1. The van der Waals surface area contributed by atoms with Gasteiger partial charge < -0.3 is 4.23 Å². The largest absolute Gasteiger partial charge is 0.348 e. The molecule has 0 aliphatic heterocycles. The summed E-state index contributed by atoms with van der Waals surface area (Å²) in [7, 11) is -3.97. The highest BCUT2D eigenvalue weighted by molar-refractivity contribution is 6.95. The van der Waals surface area contributed by atoms with Gasteiger partial charge in [-0.2, -0.15) is 0 Å². The summed E-state index contributed by atoms with van der Waals surface area (Å²) in [6, 6.07) is 9.08. The summed E-state index contributed by atoms with van der Waals surface area (Å²) in [5.74, 6) is 0. The first kappa shape index (κ1) is 18.6. The van der Waals surface area contributed by atoms with Crippen LogP contribution in [0.5, 0.6) is 0 Å². The van der Waals surface area contributed by atoms with E-state index in [9.17, 15) is 0 Å². The van der Waals surface area contributed by atoms with Crippen LogP contribution in [0.1, 0.15) is 5.56 Å². The fourth-order valence-corrected chi connectivity index (χ4v) is 19.3. The van der Waals surface area contributed by atoms with Gasteiger partial charge in [-0.3, -0.25) is 0 Å². The molecule has 0 saturated carbocycles. The molecule has 0 radical (unpaired) electrons. The zero-order chi connectivity index (χ0) is 16.5. The topological polar surface area (TPSA) is 3.24 Å². The van der Waals surface area contributed by atoms with E-state index in [-0.39, 0.29) is 0 Å². The summed E-state index contributed by atoms with van der Waals surface area (Å²) in [6.45, 7) is 23.9. The van der Waals surface area contributed by atoms with E-state index in [1.54, 1.807) is 5.19 Å². The molecule has 0 unspecified atom stereocenters. The van der Waals surface area contributed by atoms with Gasteiger partial charge in [-0.1, -0.05) is 94.5 Å². The van der Waals surface area contributed by atoms with E-state index in [0.717, 1.165) is 0 Å². The van der Waals surface area contributed by atoms with Crippen molar-refractivity contribution in [3.8, 4) is 0 Å². The third kappa shape index (κ3) is 5.06. The van der Waals surface area contributed by atoms with Crippen LogP contribution >= 0.6 is 0 Å². The number of rotatable bonds is 6. The molecule has 0 fully saturated rings. The Morgan fingerprint density at radius 2 is 1.29 bits per heavy atom. The van der Waals surface area contributed by atoms with Crippen molar-refractivity contribution in [3.05, 3.63) is 36.4 Å². The van der Waals surface area contributed by atoms with Crippen LogP contribution in [-0.2, 0) is 0 Å². The third-order valence-electron chi connectivity index (χ3n) is 4.10. The van der Waals surface area contributed by atoms with Gasteiger partial charge in [0, 0.05) is 0 Å². The first-order valence-electron chi connectivity index (χ1n) is 7.89. The first-order valence-corrected chi connectivity index (χ1v) is 18.0. The molecule has 0 saturated heterocycles. The van der Waals surface area contributed by atoms with Crippen molar-refractivity contribution >= 4 is 35.8 Å². The molecule has 0 heterocycles. The molecule has 0 bridgehead atoms. The molecule has 0 amide bonds. The molecule has 1 nitrogen and oxygen atoms in total. The maximum atomic E-state index is 3.85. The Kier molecular flexibility index (Phi) is 5.64. The molecular weight excluding hydrogens is 302 g/mol. The van der Waals surface area contributed by atoms with E-state index in [1.165, 1.54) is 11.7 Å². The highest BCUT2D eigenvalue weighted by Crippen LogP contribution is 2.22. The van der Waals surface area contributed by atoms with E-state index in [1.807, 2.05) is 6.08 Å². The number of hydrogen-bond acceptors (Lipinski definition) is 1. The first-order chi connectivity index (χ1) is 9.38. The van der Waals surface area contributed by atoms with Crippen molar-refractivity contribution < 1.29 is 0 Å². The van der Waals surface area contributed by atoms with Crippen molar-refractivity contribution in [1.29, 1.82) is 0 Å². The predicted molar refractivity (Wildman–Crippen MR) is 107 cm³/mol. The highest BCUT2D eigenvalue weighted by Gasteiger charge is 2.39. The summed E-state index contributed by atoms with van der Waals surface area (Å²) >= 11 is 0. The molecule has 21 heavy (non-hydrogen) atoms. The van der Waals surface area contributed by atoms with Gasteiger partial charge in [0.25, 0.3) is 0 Å². The van der Waals surface area contributed by atoms with E-state index in [2.05, 4.69) is 87.5 Å². The molecule has 0 aliphatic rings. The molecule has 0 aliphatic carbocycles. The molecule has 1 aromatic rings. The van der Waals surface area contributed by atoms with Crippen LogP contribution in [-0.4, -0.2) is 34.9 Å². The van der Waals surface area contributed by atoms with Crippen molar-refractivity contribution in [2.75, 3.05) is 6.17 Å². The van der Waals surface area contributed by atoms with Gasteiger partial charge in [-0.05, 0) is 11.7 Å². The standard InChI is InChI=1S/C17H33NSi3/c1-10-16-11-13-17(14-12-16)21(8,9)15-18(19(2,3)4)20(5,6)7/h10-14H,1,15H2,2-9H3. The maximum Gasteiger partial charge on any atom is 0.112 e. The van der Waals surface area contributed by atoms with Gasteiger partial charge in [-0.25, -0.2) is 0 Å². The Bertz CT molecular complexity index is 464. The molecular formula is C17H33NSi3. The Labute approximate surface area is 135 Å². The molecule has 4 heteroatoms. The van der Waals surface area contributed by atoms with Gasteiger partial charge >= 0.3 is 0 Å². The van der Waals surface area contributed by atoms with Crippen LogP contribution in [0.15, 0.2) is 30.8 Å². The fourth-order valence-electron chi connectivity index (χ4n) is 3.04. The second-order valence-corrected chi connectivity index (χ2v) is 23.5. The van der Waals surface area contributed by atoms with Crippen molar-refractivity contribution in [2.24, 2.45) is 0 Å². The van der Waals surface area contributed by atoms with E-state index in [4.69, 9.17) is 0 Å². The molecule has 0 spiro atoms. The Balaban J connectivity index is 3.07. The minimum Gasteiger partial charge on any atom is -0.348 e. The maximum absolute atomic E-state index is 3.85. The normalized spacial score (nSPS) is 13.6. The lowest BCUT2D eigenvalue weighted by atomic mass is 10.2. The molecule has 1 rings (SSSR count). The third-order valence-corrected chi connectivity index (χ3v) is 15.3. The second kappa shape index (κ2) is 6.36. The van der Waals surface area contributed by atoms with Crippen LogP contribution in [0.25, 0.3) is 6.08 Å². The Hall–Kier alpha value is -0.429. The lowest BCUT2D eigenvalue weighted by molar-refractivity contribution is 0.710. The lowest BCUT2D eigenvalue weighted by Crippen LogP contribution is -2.66. The van der Waals surface area contributed by atoms with E-state index < -0.39 is 24.5 Å². The van der Waals surface area contributed by atoms with Gasteiger partial charge in [0.05, 0.1) is 8.07 Å². The number of hydrogen-bond donors (Lipinski definition) is 0. The summed E-state index contributed by atoms with van der Waals surface area (Å²) in [6.07, 6.45) is 3.22. The van der Waals surface area contributed by atoms with Crippen LogP contribution in [0.4, 0.5) is 0 Å². The average Bonchev–Trinajstić information content (AvgIpc) is 2.33. The van der Waals surface area contributed by atoms with Gasteiger partial charge in [0.1, 0.15) is 16.5 Å². The summed E-state index contributed by atoms with van der Waals surface area (Å²) < 4.78 is 2.94. The van der Waals surface area contributed by atoms with Gasteiger partial charge in [0.15, 0.2) is 0 Å². The Morgan fingerprint density at radius 1 is 0.857 bits per heavy atom. The van der Waals surface area contributed by atoms with E-state index >= 15 is 0 Å². The molecule has 0 aromatic heterocycles. The van der Waals surface area contributed by atoms with E-state index in [0.29, 0.717) is 0 Å². The SMILES string of the molecule is C=Cc1ccc([Si](C)(C)CN([Si](C)(C)C)[Si](C)(C)C)cc1. The average molecular weight is 336 g/mol. The lowest BCUT2D eigenvalue weighted by Gasteiger charge is -2.47. The number of nitrogens with zero attached hydrogens (tertiary/aromatic N) is 1. The van der Waals surface area contributed by atoms with Gasteiger partial charge in [0.2, 0.25) is 0 Å². The van der Waals surface area contributed by atoms with Crippen LogP contribution < -0.4 is 5.19 Å². The molecule has 118 valence electrons. The van der Waals surface area contributed by atoms with Crippen molar-refractivity contribution in [3.63, 3.8) is 0 Å². The summed E-state index contributed by atoms with van der Waals surface area (Å²) in [5, 5.41) is 1.56. The van der Waals surface area contributed by atoms with Gasteiger partial charge in [-0.15, -0.1) is 0 Å². The fraction of sp³-hybridized carbons (Fsp3) is 0.529. The molecule has 0 N–H and O–H groups in total. The molecule has 0 atom stereocenters. The zero-order valence-corrected chi connectivity index (χ0v) is 18.2. The molecule has 1 aromatic carbocycles. The van der Waals surface area contributed by atoms with Crippen molar-refractivity contribution in [1.82, 2.24) is 4.23 Å². The van der Waals surface area contributed by atoms with Crippen molar-refractivity contribution in [2.45, 2.75) is 52.4 Å². The summed E-state index contributed by atoms with van der Waals surface area (Å²) in [4.78, 5) is 0. The quantitative estimate of drug-likeness (QED) is 0.678. The second-order valence-electron chi connectivity index (χ2n) is 8.64. The van der Waals surface area contributed by atoms with Crippen LogP contribution in [0.3, 0.4) is 0 Å². The van der Waals surface area contributed by atoms with Crippen LogP contribution in [0.2, 0.25) is 52.4 Å². The highest BCUT2D eigenvalue weighted by atomic mass is 28.4. The monoisotopic (exact) mass is 335 g/mol. The minimum absolute atomic E-state index is 1.22. The Morgan fingerprint density at radius 3 is 1.62 bits per heavy atom. The predicted octanol–water partition coefficient (Wildman–Crippen LogP) is 4.76.